The van der Waals surface area contributed by atoms with E-state index in [0.29, 0.717) is 16.9 Å². The number of fused-ring (bicyclic) bond motifs is 6. The number of benzene rings is 4. The normalized spacial score (nSPS) is 23.2. The van der Waals surface area contributed by atoms with Gasteiger partial charge in [0.1, 0.15) is 17.3 Å². The Hall–Kier alpha value is -5.44. The number of hydrogen-bond donors (Lipinski definition) is 1. The Morgan fingerprint density at radius 1 is 0.884 bits per heavy atom. The van der Waals surface area contributed by atoms with Crippen molar-refractivity contribution >= 4 is 40.1 Å². The Kier molecular flexibility index (Phi) is 5.88. The first kappa shape index (κ1) is 26.5. The molecule has 1 N–H and O–H groups in total. The molecule has 4 atom stereocenters. The van der Waals surface area contributed by atoms with Gasteiger partial charge in [-0.3, -0.25) is 24.5 Å². The molecular formula is C34H24FN3O5. The van der Waals surface area contributed by atoms with Crippen LogP contribution < -0.4 is 10.2 Å². The summed E-state index contributed by atoms with van der Waals surface area (Å²) in [6, 6.07) is 23.1. The van der Waals surface area contributed by atoms with Crippen LogP contribution in [0.15, 0.2) is 103 Å². The molecule has 43 heavy (non-hydrogen) atoms. The molecular weight excluding hydrogens is 549 g/mol. The third-order valence-electron chi connectivity index (χ3n) is 8.93. The van der Waals surface area contributed by atoms with E-state index in [1.165, 1.54) is 48.5 Å². The summed E-state index contributed by atoms with van der Waals surface area (Å²) in [6.45, 7) is 1.94. The van der Waals surface area contributed by atoms with Crippen LogP contribution in [0.5, 0.6) is 0 Å². The summed E-state index contributed by atoms with van der Waals surface area (Å²) in [5.41, 5.74) is 2.23. The molecule has 212 valence electrons. The number of hydrogen-bond acceptors (Lipinski definition) is 6. The number of carbonyl (C=O) groups is 3. The first-order chi connectivity index (χ1) is 20.7. The molecule has 4 aromatic rings. The Morgan fingerprint density at radius 2 is 1.51 bits per heavy atom. The average Bonchev–Trinajstić information content (AvgIpc) is 3.49. The number of rotatable bonds is 5. The summed E-state index contributed by atoms with van der Waals surface area (Å²) < 4.78 is 14.0. The number of allylic oxidation sites excluding steroid dienone is 1. The molecule has 3 aliphatic rings. The van der Waals surface area contributed by atoms with E-state index in [1.807, 2.05) is 42.2 Å². The summed E-state index contributed by atoms with van der Waals surface area (Å²) >= 11 is 0. The van der Waals surface area contributed by atoms with Crippen molar-refractivity contribution in [3.8, 4) is 0 Å². The number of nitro benzene ring substituents is 1. The number of nitrogens with one attached hydrogen (secondary N) is 1. The molecule has 1 saturated heterocycles. The number of ketones is 2. The number of nitrogens with zero attached hydrogens (tertiary/aromatic N) is 2. The van der Waals surface area contributed by atoms with Crippen LogP contribution in [-0.2, 0) is 10.2 Å². The first-order valence-electron chi connectivity index (χ1n) is 13.8. The molecule has 0 aromatic heterocycles. The largest absolute Gasteiger partial charge is 0.352 e. The summed E-state index contributed by atoms with van der Waals surface area (Å²) in [5.74, 6) is -3.11. The van der Waals surface area contributed by atoms with E-state index in [4.69, 9.17) is 0 Å². The highest BCUT2D eigenvalue weighted by Crippen LogP contribution is 2.58. The van der Waals surface area contributed by atoms with E-state index in [-0.39, 0.29) is 16.8 Å². The molecule has 0 aliphatic carbocycles. The van der Waals surface area contributed by atoms with Gasteiger partial charge in [-0.05, 0) is 66.6 Å². The van der Waals surface area contributed by atoms with Gasteiger partial charge in [0.05, 0.1) is 16.9 Å². The van der Waals surface area contributed by atoms with Gasteiger partial charge in [-0.2, -0.15) is 0 Å². The fraction of sp³-hybridized carbons (Fsp3) is 0.147. The molecule has 0 radical (unpaired) electrons. The number of amides is 1. The minimum atomic E-state index is -1.52. The number of Topliss-reactive ketones (excluding diaryl/α,β-unsaturated/α-hetero) is 2. The number of halogens is 1. The monoisotopic (exact) mass is 573 g/mol. The standard InChI is InChI=1S/C34H24FN3O5/c1-19-18-28-34(25-7-3-4-8-26(25)36-33(34)41)29(31(39)20-10-14-22(35)15-11-20)30(37(28)27-9-5-2-6-24(19)27)32(40)21-12-16-23(17-13-21)38(42)43/h2-18,28-30H,1H3,(H,36,41)/t28-,29+,30+,34-/m1/s1. The second-order valence-electron chi connectivity index (χ2n) is 11.0. The summed E-state index contributed by atoms with van der Waals surface area (Å²) in [4.78, 5) is 56.4. The average molecular weight is 574 g/mol. The number of non-ortho nitro benzene ring substituents is 1. The van der Waals surface area contributed by atoms with Crippen molar-refractivity contribution in [1.82, 2.24) is 0 Å². The van der Waals surface area contributed by atoms with Crippen molar-refractivity contribution in [2.24, 2.45) is 5.92 Å². The van der Waals surface area contributed by atoms with Gasteiger partial charge in [-0.25, -0.2) is 4.39 Å². The maximum Gasteiger partial charge on any atom is 0.269 e. The molecule has 0 unspecified atom stereocenters. The van der Waals surface area contributed by atoms with Gasteiger partial charge in [-0.15, -0.1) is 0 Å². The maximum absolute atomic E-state index is 14.7. The smallest absolute Gasteiger partial charge is 0.269 e. The molecule has 3 aliphatic heterocycles. The maximum atomic E-state index is 14.7. The molecule has 8 nitrogen and oxygen atoms in total. The number of para-hydroxylation sites is 2. The summed E-state index contributed by atoms with van der Waals surface area (Å²) in [7, 11) is 0. The molecule has 4 aromatic carbocycles. The van der Waals surface area contributed by atoms with Crippen molar-refractivity contribution in [3.63, 3.8) is 0 Å². The fourth-order valence-electron chi connectivity index (χ4n) is 7.10. The zero-order valence-corrected chi connectivity index (χ0v) is 22.9. The van der Waals surface area contributed by atoms with Gasteiger partial charge >= 0.3 is 0 Å². The topological polar surface area (TPSA) is 110 Å². The summed E-state index contributed by atoms with van der Waals surface area (Å²) in [6.07, 6.45) is 1.94. The molecule has 1 amide bonds. The highest BCUT2D eigenvalue weighted by Gasteiger charge is 2.70. The van der Waals surface area contributed by atoms with Crippen LogP contribution in [0, 0.1) is 21.8 Å². The molecule has 3 heterocycles. The quantitative estimate of drug-likeness (QED) is 0.179. The minimum absolute atomic E-state index is 0.165. The van der Waals surface area contributed by atoms with Gasteiger partial charge in [0.25, 0.3) is 5.69 Å². The van der Waals surface area contributed by atoms with Gasteiger partial charge in [0, 0.05) is 40.2 Å². The lowest BCUT2D eigenvalue weighted by molar-refractivity contribution is -0.384. The Bertz CT molecular complexity index is 1880. The first-order valence-corrected chi connectivity index (χ1v) is 13.8. The van der Waals surface area contributed by atoms with E-state index in [0.717, 1.165) is 11.1 Å². The third-order valence-corrected chi connectivity index (χ3v) is 8.93. The van der Waals surface area contributed by atoms with Crippen molar-refractivity contribution in [1.29, 1.82) is 0 Å². The second-order valence-corrected chi connectivity index (χ2v) is 11.0. The van der Waals surface area contributed by atoms with Crippen LogP contribution in [0.1, 0.15) is 38.8 Å². The second kappa shape index (κ2) is 9.55. The predicted molar refractivity (Wildman–Crippen MR) is 159 cm³/mol. The highest BCUT2D eigenvalue weighted by atomic mass is 19.1. The van der Waals surface area contributed by atoms with Crippen LogP contribution in [0.2, 0.25) is 0 Å². The highest BCUT2D eigenvalue weighted by molar-refractivity contribution is 6.18. The Balaban J connectivity index is 1.53. The van der Waals surface area contributed by atoms with E-state index >= 15 is 0 Å². The van der Waals surface area contributed by atoms with Crippen LogP contribution in [-0.4, -0.2) is 34.5 Å². The Labute approximate surface area is 245 Å². The lowest BCUT2D eigenvalue weighted by Crippen LogP contribution is -2.51. The van der Waals surface area contributed by atoms with Gasteiger partial charge in [0.2, 0.25) is 5.91 Å². The van der Waals surface area contributed by atoms with E-state index in [9.17, 15) is 28.9 Å². The van der Waals surface area contributed by atoms with Gasteiger partial charge in [-0.1, -0.05) is 42.5 Å². The van der Waals surface area contributed by atoms with Crippen molar-refractivity contribution in [2.75, 3.05) is 10.2 Å². The Morgan fingerprint density at radius 3 is 2.23 bits per heavy atom. The van der Waals surface area contributed by atoms with Gasteiger partial charge in [0.15, 0.2) is 11.6 Å². The van der Waals surface area contributed by atoms with Crippen LogP contribution in [0.3, 0.4) is 0 Å². The van der Waals surface area contributed by atoms with Crippen molar-refractivity contribution in [2.45, 2.75) is 24.4 Å². The van der Waals surface area contributed by atoms with E-state index in [1.54, 1.807) is 24.3 Å². The SMILES string of the molecule is CC1=C[C@H]2N(c3ccccc31)[C@H](C(=O)c1ccc([N+](=O)[O-])cc1)[C@@H](C(=O)c1ccc(F)cc1)[C@]21C(=O)Nc2ccccc21. The number of carbonyl (C=O) groups excluding carboxylic acids is 3. The van der Waals surface area contributed by atoms with Crippen molar-refractivity contribution < 1.29 is 23.7 Å². The van der Waals surface area contributed by atoms with Crippen LogP contribution in [0.25, 0.3) is 5.57 Å². The minimum Gasteiger partial charge on any atom is -0.352 e. The molecule has 1 fully saturated rings. The molecule has 0 bridgehead atoms. The summed E-state index contributed by atoms with van der Waals surface area (Å²) in [5, 5.41) is 14.3. The van der Waals surface area contributed by atoms with Crippen LogP contribution in [0.4, 0.5) is 21.5 Å². The zero-order chi connectivity index (χ0) is 30.0. The molecule has 1 spiro atoms. The van der Waals surface area contributed by atoms with E-state index in [2.05, 4.69) is 5.32 Å². The fourth-order valence-corrected chi connectivity index (χ4v) is 7.10. The van der Waals surface area contributed by atoms with Crippen LogP contribution >= 0.6 is 0 Å². The molecule has 9 heteroatoms. The third kappa shape index (κ3) is 3.71. The molecule has 0 saturated carbocycles. The lowest BCUT2D eigenvalue weighted by atomic mass is 9.64. The zero-order valence-electron chi connectivity index (χ0n) is 22.9. The predicted octanol–water partition coefficient (Wildman–Crippen LogP) is 5.98. The van der Waals surface area contributed by atoms with Gasteiger partial charge < -0.3 is 10.2 Å². The molecule has 7 rings (SSSR count). The number of nitro groups is 1. The lowest BCUT2D eigenvalue weighted by Gasteiger charge is -2.39. The van der Waals surface area contributed by atoms with Crippen molar-refractivity contribution in [3.05, 3.63) is 141 Å². The number of anilines is 2. The van der Waals surface area contributed by atoms with E-state index < -0.39 is 51.6 Å².